The lowest BCUT2D eigenvalue weighted by Crippen LogP contribution is -2.36. The molecule has 5 nitrogen and oxygen atoms in total. The van der Waals surface area contributed by atoms with Crippen molar-refractivity contribution in [2.45, 2.75) is 53.1 Å². The minimum Gasteiger partial charge on any atom is -0.350 e. The van der Waals surface area contributed by atoms with Crippen LogP contribution in [0.5, 0.6) is 0 Å². The summed E-state index contributed by atoms with van der Waals surface area (Å²) in [7, 11) is 0. The highest BCUT2D eigenvalue weighted by Crippen LogP contribution is 2.16. The molecule has 0 saturated heterocycles. The predicted molar refractivity (Wildman–Crippen MR) is 97.1 cm³/mol. The maximum Gasteiger partial charge on any atom is 0.251 e. The first-order valence-corrected chi connectivity index (χ1v) is 7.68. The Labute approximate surface area is 144 Å². The SMILES string of the molecule is Cc1cc(NC(=O)[C@@H](N)CC(C)C)ccc1C(=O)NC(C)C.Cl. The Hall–Kier alpha value is -1.59. The zero-order chi connectivity index (χ0) is 16.9. The number of nitrogens with one attached hydrogen (secondary N) is 2. The van der Waals surface area contributed by atoms with E-state index in [2.05, 4.69) is 10.6 Å². The van der Waals surface area contributed by atoms with Crippen molar-refractivity contribution >= 4 is 29.9 Å². The van der Waals surface area contributed by atoms with Gasteiger partial charge in [-0.1, -0.05) is 13.8 Å². The minimum absolute atomic E-state index is 0. The van der Waals surface area contributed by atoms with Crippen LogP contribution < -0.4 is 16.4 Å². The molecule has 1 aromatic carbocycles. The molecule has 130 valence electrons. The summed E-state index contributed by atoms with van der Waals surface area (Å²) in [6.07, 6.45) is 0.639. The molecule has 0 fully saturated rings. The Morgan fingerprint density at radius 3 is 2.26 bits per heavy atom. The highest BCUT2D eigenvalue weighted by Gasteiger charge is 2.16. The summed E-state index contributed by atoms with van der Waals surface area (Å²) in [5, 5.41) is 5.65. The van der Waals surface area contributed by atoms with E-state index < -0.39 is 6.04 Å². The standard InChI is InChI=1S/C17H27N3O2.ClH/c1-10(2)8-15(18)17(22)20-13-6-7-14(12(5)9-13)16(21)19-11(3)4;/h6-7,9-11,15H,8,18H2,1-5H3,(H,19,21)(H,20,22);1H/t15-;/m0./s1. The summed E-state index contributed by atoms with van der Waals surface area (Å²) in [5.41, 5.74) is 7.94. The van der Waals surface area contributed by atoms with Gasteiger partial charge < -0.3 is 16.4 Å². The number of hydrogen-bond donors (Lipinski definition) is 3. The van der Waals surface area contributed by atoms with Gasteiger partial charge in [0.2, 0.25) is 5.91 Å². The Balaban J connectivity index is 0.00000484. The summed E-state index contributed by atoms with van der Waals surface area (Å²) < 4.78 is 0. The van der Waals surface area contributed by atoms with Crippen molar-refractivity contribution in [2.75, 3.05) is 5.32 Å². The number of rotatable bonds is 6. The number of carbonyl (C=O) groups is 2. The van der Waals surface area contributed by atoms with Crippen LogP contribution in [0.2, 0.25) is 0 Å². The second kappa shape index (κ2) is 9.53. The lowest BCUT2D eigenvalue weighted by Gasteiger charge is -2.15. The number of halogens is 1. The van der Waals surface area contributed by atoms with Gasteiger partial charge in [-0.15, -0.1) is 12.4 Å². The van der Waals surface area contributed by atoms with Crippen LogP contribution in [-0.2, 0) is 4.79 Å². The van der Waals surface area contributed by atoms with Gasteiger partial charge in [0.25, 0.3) is 5.91 Å². The molecular weight excluding hydrogens is 314 g/mol. The lowest BCUT2D eigenvalue weighted by atomic mass is 10.0. The maximum atomic E-state index is 12.0. The number of hydrogen-bond acceptors (Lipinski definition) is 3. The Morgan fingerprint density at radius 2 is 1.78 bits per heavy atom. The van der Waals surface area contributed by atoms with E-state index in [1.165, 1.54) is 0 Å². The molecule has 23 heavy (non-hydrogen) atoms. The molecule has 1 atom stereocenters. The zero-order valence-corrected chi connectivity index (χ0v) is 15.3. The van der Waals surface area contributed by atoms with E-state index in [-0.39, 0.29) is 30.3 Å². The third kappa shape index (κ3) is 7.01. The van der Waals surface area contributed by atoms with Crippen LogP contribution in [0.1, 0.15) is 50.0 Å². The average molecular weight is 342 g/mol. The second-order valence-electron chi connectivity index (χ2n) is 6.38. The first-order valence-electron chi connectivity index (χ1n) is 7.68. The van der Waals surface area contributed by atoms with E-state index in [0.717, 1.165) is 5.56 Å². The van der Waals surface area contributed by atoms with Gasteiger partial charge in [-0.2, -0.15) is 0 Å². The molecule has 0 saturated carbocycles. The zero-order valence-electron chi connectivity index (χ0n) is 14.5. The maximum absolute atomic E-state index is 12.0. The smallest absolute Gasteiger partial charge is 0.251 e. The molecule has 0 radical (unpaired) electrons. The van der Waals surface area contributed by atoms with E-state index in [4.69, 9.17) is 5.73 Å². The molecule has 0 aromatic heterocycles. The third-order valence-electron chi connectivity index (χ3n) is 3.22. The largest absolute Gasteiger partial charge is 0.350 e. The van der Waals surface area contributed by atoms with Crippen LogP contribution in [-0.4, -0.2) is 23.9 Å². The van der Waals surface area contributed by atoms with Gasteiger partial charge in [0.1, 0.15) is 0 Å². The third-order valence-corrected chi connectivity index (χ3v) is 3.22. The summed E-state index contributed by atoms with van der Waals surface area (Å²) >= 11 is 0. The van der Waals surface area contributed by atoms with Crippen LogP contribution in [0.4, 0.5) is 5.69 Å². The van der Waals surface area contributed by atoms with Gasteiger partial charge in [0, 0.05) is 17.3 Å². The minimum atomic E-state index is -0.524. The Kier molecular flexibility index (Phi) is 8.87. The fourth-order valence-corrected chi connectivity index (χ4v) is 2.19. The van der Waals surface area contributed by atoms with Gasteiger partial charge in [0.15, 0.2) is 0 Å². The molecule has 6 heteroatoms. The highest BCUT2D eigenvalue weighted by atomic mass is 35.5. The quantitative estimate of drug-likeness (QED) is 0.743. The molecule has 0 aliphatic heterocycles. The summed E-state index contributed by atoms with van der Waals surface area (Å²) in [6, 6.07) is 4.79. The van der Waals surface area contributed by atoms with Crippen molar-refractivity contribution in [3.05, 3.63) is 29.3 Å². The van der Waals surface area contributed by atoms with E-state index in [0.29, 0.717) is 23.6 Å². The van der Waals surface area contributed by atoms with Crippen LogP contribution in [0.15, 0.2) is 18.2 Å². The first-order chi connectivity index (χ1) is 10.2. The van der Waals surface area contributed by atoms with Crippen LogP contribution in [0.3, 0.4) is 0 Å². The van der Waals surface area contributed by atoms with Crippen molar-refractivity contribution in [3.8, 4) is 0 Å². The molecule has 0 spiro atoms. The van der Waals surface area contributed by atoms with Crippen molar-refractivity contribution in [3.63, 3.8) is 0 Å². The van der Waals surface area contributed by atoms with E-state index >= 15 is 0 Å². The molecule has 4 N–H and O–H groups in total. The van der Waals surface area contributed by atoms with Gasteiger partial charge in [-0.3, -0.25) is 9.59 Å². The molecule has 0 heterocycles. The molecule has 1 rings (SSSR count). The van der Waals surface area contributed by atoms with Crippen LogP contribution in [0.25, 0.3) is 0 Å². The van der Waals surface area contributed by atoms with Gasteiger partial charge >= 0.3 is 0 Å². The lowest BCUT2D eigenvalue weighted by molar-refractivity contribution is -0.117. The van der Waals surface area contributed by atoms with Gasteiger partial charge in [-0.25, -0.2) is 0 Å². The van der Waals surface area contributed by atoms with Crippen LogP contribution in [0, 0.1) is 12.8 Å². The number of benzene rings is 1. The molecule has 0 unspecified atom stereocenters. The summed E-state index contributed by atoms with van der Waals surface area (Å²) in [4.78, 5) is 24.0. The topological polar surface area (TPSA) is 84.2 Å². The van der Waals surface area contributed by atoms with Crippen molar-refractivity contribution in [2.24, 2.45) is 11.7 Å². The molecule has 0 aliphatic rings. The molecule has 0 aliphatic carbocycles. The summed E-state index contributed by atoms with van der Waals surface area (Å²) in [5.74, 6) is 0.0546. The summed E-state index contributed by atoms with van der Waals surface area (Å²) in [6.45, 7) is 9.73. The molecule has 1 aromatic rings. The van der Waals surface area contributed by atoms with Crippen molar-refractivity contribution in [1.29, 1.82) is 0 Å². The Morgan fingerprint density at radius 1 is 1.17 bits per heavy atom. The highest BCUT2D eigenvalue weighted by molar-refractivity contribution is 5.98. The molecule has 0 bridgehead atoms. The average Bonchev–Trinajstić information content (AvgIpc) is 2.36. The van der Waals surface area contributed by atoms with Crippen LogP contribution >= 0.6 is 12.4 Å². The second-order valence-corrected chi connectivity index (χ2v) is 6.38. The number of nitrogens with two attached hydrogens (primary N) is 1. The number of anilines is 1. The predicted octanol–water partition coefficient (Wildman–Crippen LogP) is 2.87. The van der Waals surface area contributed by atoms with Gasteiger partial charge in [-0.05, 0) is 56.9 Å². The van der Waals surface area contributed by atoms with E-state index in [1.807, 2.05) is 34.6 Å². The fourth-order valence-electron chi connectivity index (χ4n) is 2.19. The molecular formula is C17H28ClN3O2. The molecule has 2 amide bonds. The van der Waals surface area contributed by atoms with Crippen molar-refractivity contribution in [1.82, 2.24) is 5.32 Å². The number of aryl methyl sites for hydroxylation is 1. The number of carbonyl (C=O) groups excluding carboxylic acids is 2. The van der Waals surface area contributed by atoms with Crippen molar-refractivity contribution < 1.29 is 9.59 Å². The monoisotopic (exact) mass is 341 g/mol. The Bertz CT molecular complexity index is 545. The first kappa shape index (κ1) is 21.4. The van der Waals surface area contributed by atoms with E-state index in [9.17, 15) is 9.59 Å². The van der Waals surface area contributed by atoms with E-state index in [1.54, 1.807) is 18.2 Å². The fraction of sp³-hybridized carbons (Fsp3) is 0.529. The number of amides is 2. The normalized spacial score (nSPS) is 11.8. The van der Waals surface area contributed by atoms with Gasteiger partial charge in [0.05, 0.1) is 6.04 Å².